The molecule has 1 aliphatic rings. The number of imidazole rings is 1. The van der Waals surface area contributed by atoms with Gasteiger partial charge in [-0.2, -0.15) is 18.9 Å². The van der Waals surface area contributed by atoms with Crippen LogP contribution in [-0.4, -0.2) is 48.3 Å². The Labute approximate surface area is 211 Å². The van der Waals surface area contributed by atoms with Crippen LogP contribution in [0.25, 0.3) is 11.2 Å². The lowest BCUT2D eigenvalue weighted by Crippen LogP contribution is -2.20. The second-order valence-electron chi connectivity index (χ2n) is 9.27. The molecule has 5 rings (SSSR count). The molecule has 0 unspecified atom stereocenters. The molecule has 1 aliphatic heterocycles. The summed E-state index contributed by atoms with van der Waals surface area (Å²) in [5.41, 5.74) is 2.39. The minimum absolute atomic E-state index is 0.00927. The molecule has 4 aromatic heterocycles. The number of hydrogen-bond donors (Lipinski definition) is 1. The number of ketones is 1. The van der Waals surface area contributed by atoms with Crippen LogP contribution in [0, 0.1) is 6.92 Å². The molecule has 4 aromatic rings. The van der Waals surface area contributed by atoms with Gasteiger partial charge in [0.05, 0.1) is 30.1 Å². The van der Waals surface area contributed by atoms with Gasteiger partial charge in [0.1, 0.15) is 17.2 Å². The summed E-state index contributed by atoms with van der Waals surface area (Å²) >= 11 is 0. The number of Topliss-reactive ketones (excluding diaryl/α,β-unsaturated/α-hetero) is 1. The predicted octanol–water partition coefficient (Wildman–Crippen LogP) is 4.61. The van der Waals surface area contributed by atoms with Crippen molar-refractivity contribution in [2.75, 3.05) is 18.5 Å². The molecule has 0 amide bonds. The first kappa shape index (κ1) is 24.8. The zero-order chi connectivity index (χ0) is 26.3. The van der Waals surface area contributed by atoms with Gasteiger partial charge in [0.15, 0.2) is 17.2 Å². The van der Waals surface area contributed by atoms with E-state index in [1.165, 1.54) is 17.7 Å². The highest BCUT2D eigenvalue weighted by Gasteiger charge is 2.34. The van der Waals surface area contributed by atoms with E-state index in [9.17, 15) is 13.6 Å². The van der Waals surface area contributed by atoms with Gasteiger partial charge in [0.25, 0.3) is 5.92 Å². The average Bonchev–Trinajstić information content (AvgIpc) is 3.55. The van der Waals surface area contributed by atoms with Crippen molar-refractivity contribution < 1.29 is 23.0 Å². The molecule has 0 radical (unpaired) electrons. The fourth-order valence-corrected chi connectivity index (χ4v) is 4.43. The van der Waals surface area contributed by atoms with Crippen LogP contribution in [0.5, 0.6) is 11.5 Å². The second-order valence-corrected chi connectivity index (χ2v) is 9.27. The van der Waals surface area contributed by atoms with E-state index in [0.717, 1.165) is 12.5 Å². The number of carbonyl (C=O) groups is 1. The zero-order valence-electron chi connectivity index (χ0n) is 21.0. The zero-order valence-corrected chi connectivity index (χ0v) is 21.0. The topological polar surface area (TPSA) is 109 Å². The number of nitrogens with zero attached hydrogens (tertiary/aromatic N) is 6. The van der Waals surface area contributed by atoms with E-state index in [-0.39, 0.29) is 29.8 Å². The standard InChI is InChI=1S/C25H27F2N7O3/c1-14(35)9-16-10-18(5-7-28-16)37-19-12-29-23-22(15(19)2)33(4)24(31-23)30-21-11-20(25(3,26)27)34(32-21)17-6-8-36-13-17/h5,7,10-12,17H,6,8-9,13H2,1-4H3,(H,29,30,31,32)/t17-/m1/s1. The minimum atomic E-state index is -3.07. The largest absolute Gasteiger partial charge is 0.455 e. The lowest BCUT2D eigenvalue weighted by molar-refractivity contribution is -0.116. The molecule has 10 nitrogen and oxygen atoms in total. The third-order valence-corrected chi connectivity index (χ3v) is 6.23. The van der Waals surface area contributed by atoms with E-state index in [2.05, 4.69) is 25.4 Å². The molecule has 0 aliphatic carbocycles. The average molecular weight is 512 g/mol. The number of alkyl halides is 2. The van der Waals surface area contributed by atoms with Crippen LogP contribution in [-0.2, 0) is 28.9 Å². The van der Waals surface area contributed by atoms with Gasteiger partial charge in [0, 0.05) is 50.9 Å². The first-order valence-electron chi connectivity index (χ1n) is 11.9. The van der Waals surface area contributed by atoms with Crippen molar-refractivity contribution >= 4 is 28.7 Å². The summed E-state index contributed by atoms with van der Waals surface area (Å²) in [6.07, 6.45) is 4.01. The molecule has 1 fully saturated rings. The highest BCUT2D eigenvalue weighted by Crippen LogP contribution is 2.35. The summed E-state index contributed by atoms with van der Waals surface area (Å²) in [6, 6.07) is 4.52. The van der Waals surface area contributed by atoms with Crippen molar-refractivity contribution in [1.29, 1.82) is 0 Å². The van der Waals surface area contributed by atoms with E-state index in [1.807, 2.05) is 6.92 Å². The highest BCUT2D eigenvalue weighted by molar-refractivity contribution is 5.81. The Balaban J connectivity index is 1.44. The van der Waals surface area contributed by atoms with Crippen molar-refractivity contribution in [2.45, 2.75) is 45.6 Å². The first-order valence-corrected chi connectivity index (χ1v) is 11.9. The third kappa shape index (κ3) is 5.01. The van der Waals surface area contributed by atoms with E-state index in [4.69, 9.17) is 9.47 Å². The maximum absolute atomic E-state index is 14.3. The van der Waals surface area contributed by atoms with Gasteiger partial charge in [0.2, 0.25) is 5.95 Å². The van der Waals surface area contributed by atoms with E-state index in [1.54, 1.807) is 36.1 Å². The van der Waals surface area contributed by atoms with Crippen molar-refractivity contribution in [3.63, 3.8) is 0 Å². The van der Waals surface area contributed by atoms with Gasteiger partial charge in [-0.1, -0.05) is 0 Å². The molecule has 37 heavy (non-hydrogen) atoms. The number of fused-ring (bicyclic) bond motifs is 1. The van der Waals surface area contributed by atoms with Gasteiger partial charge < -0.3 is 19.4 Å². The summed E-state index contributed by atoms with van der Waals surface area (Å²) in [4.78, 5) is 24.6. The lowest BCUT2D eigenvalue weighted by atomic mass is 10.2. The Morgan fingerprint density at radius 3 is 2.84 bits per heavy atom. The summed E-state index contributed by atoms with van der Waals surface area (Å²) in [6.45, 7) is 5.10. The summed E-state index contributed by atoms with van der Waals surface area (Å²) in [5, 5.41) is 7.47. The van der Waals surface area contributed by atoms with E-state index < -0.39 is 5.92 Å². The van der Waals surface area contributed by atoms with Crippen LogP contribution in [0.2, 0.25) is 0 Å². The number of anilines is 2. The molecule has 194 valence electrons. The molecular formula is C25H27F2N7O3. The van der Waals surface area contributed by atoms with Crippen molar-refractivity contribution in [3.8, 4) is 11.5 Å². The molecule has 1 saturated heterocycles. The quantitative estimate of drug-likeness (QED) is 0.365. The maximum atomic E-state index is 14.3. The van der Waals surface area contributed by atoms with Crippen LogP contribution < -0.4 is 10.1 Å². The first-order chi connectivity index (χ1) is 17.6. The molecular weight excluding hydrogens is 484 g/mol. The number of aromatic nitrogens is 6. The fraction of sp³-hybridized carbons (Fsp3) is 0.400. The number of carbonyl (C=O) groups excluding carboxylic acids is 1. The van der Waals surface area contributed by atoms with Gasteiger partial charge in [-0.25, -0.2) is 4.98 Å². The Morgan fingerprint density at radius 2 is 2.14 bits per heavy atom. The van der Waals surface area contributed by atoms with Crippen molar-refractivity contribution in [1.82, 2.24) is 29.3 Å². The minimum Gasteiger partial charge on any atom is -0.455 e. The van der Waals surface area contributed by atoms with Gasteiger partial charge >= 0.3 is 0 Å². The van der Waals surface area contributed by atoms with Gasteiger partial charge in [-0.3, -0.25) is 14.5 Å². The number of rotatable bonds is 8. The molecule has 1 atom stereocenters. The van der Waals surface area contributed by atoms with Crippen LogP contribution >= 0.6 is 0 Å². The summed E-state index contributed by atoms with van der Waals surface area (Å²) in [5.74, 6) is -1.36. The molecule has 0 spiro atoms. The highest BCUT2D eigenvalue weighted by atomic mass is 19.3. The summed E-state index contributed by atoms with van der Waals surface area (Å²) < 4.78 is 43.2. The van der Waals surface area contributed by atoms with Crippen LogP contribution in [0.4, 0.5) is 20.5 Å². The number of pyridine rings is 2. The number of halogens is 2. The smallest absolute Gasteiger partial charge is 0.286 e. The molecule has 12 heteroatoms. The van der Waals surface area contributed by atoms with Crippen LogP contribution in [0.1, 0.15) is 43.3 Å². The second kappa shape index (κ2) is 9.51. The van der Waals surface area contributed by atoms with Crippen LogP contribution in [0.3, 0.4) is 0 Å². The fourth-order valence-electron chi connectivity index (χ4n) is 4.43. The van der Waals surface area contributed by atoms with Crippen molar-refractivity contribution in [2.24, 2.45) is 7.05 Å². The van der Waals surface area contributed by atoms with Gasteiger partial charge in [-0.05, 0) is 26.3 Å². The number of aryl methyl sites for hydroxylation is 2. The molecule has 1 N–H and O–H groups in total. The lowest BCUT2D eigenvalue weighted by Gasteiger charge is -2.16. The number of hydrogen-bond acceptors (Lipinski definition) is 8. The SMILES string of the molecule is CC(=O)Cc1cc(Oc2cnc3nc(Nc4cc(C(C)(F)F)n([C@@H]5CCOC5)n4)n(C)c3c2C)ccn1. The van der Waals surface area contributed by atoms with Crippen LogP contribution in [0.15, 0.2) is 30.6 Å². The third-order valence-electron chi connectivity index (χ3n) is 6.23. The molecule has 0 aromatic carbocycles. The Hall–Kier alpha value is -3.93. The Kier molecular flexibility index (Phi) is 6.36. The monoisotopic (exact) mass is 511 g/mol. The van der Waals surface area contributed by atoms with E-state index in [0.29, 0.717) is 53.9 Å². The Bertz CT molecular complexity index is 1470. The number of ether oxygens (including phenoxy) is 2. The van der Waals surface area contributed by atoms with Crippen molar-refractivity contribution in [3.05, 3.63) is 47.5 Å². The summed E-state index contributed by atoms with van der Waals surface area (Å²) in [7, 11) is 1.80. The molecule has 0 bridgehead atoms. The number of nitrogens with one attached hydrogen (secondary N) is 1. The van der Waals surface area contributed by atoms with Gasteiger partial charge in [-0.15, -0.1) is 0 Å². The predicted molar refractivity (Wildman–Crippen MR) is 131 cm³/mol. The maximum Gasteiger partial charge on any atom is 0.286 e. The molecule has 5 heterocycles. The normalized spacial score (nSPS) is 15.9. The van der Waals surface area contributed by atoms with E-state index >= 15 is 0 Å². The Morgan fingerprint density at radius 1 is 1.32 bits per heavy atom. The molecule has 0 saturated carbocycles.